The zero-order valence-electron chi connectivity index (χ0n) is 14.1. The van der Waals surface area contributed by atoms with E-state index in [2.05, 4.69) is 57.2 Å². The monoisotopic (exact) mass is 310 g/mol. The van der Waals surface area contributed by atoms with Gasteiger partial charge < -0.3 is 5.11 Å². The number of hydrogen-bond donors (Lipinski definition) is 1. The van der Waals surface area contributed by atoms with Crippen LogP contribution in [0.2, 0.25) is 0 Å². The van der Waals surface area contributed by atoms with E-state index in [1.807, 2.05) is 24.3 Å². The van der Waals surface area contributed by atoms with Crippen molar-refractivity contribution >= 4 is 5.97 Å². The Labute approximate surface area is 139 Å². The van der Waals surface area contributed by atoms with Gasteiger partial charge in [-0.05, 0) is 34.8 Å². The van der Waals surface area contributed by atoms with Gasteiger partial charge in [-0.3, -0.25) is 4.79 Å². The summed E-state index contributed by atoms with van der Waals surface area (Å²) in [4.78, 5) is 11.5. The third kappa shape index (κ3) is 4.44. The van der Waals surface area contributed by atoms with Crippen molar-refractivity contribution in [3.63, 3.8) is 0 Å². The maximum Gasteiger partial charge on any atom is 0.303 e. The van der Waals surface area contributed by atoms with Gasteiger partial charge in [-0.15, -0.1) is 0 Å². The molecule has 0 aliphatic rings. The lowest BCUT2D eigenvalue weighted by atomic mass is 9.69. The second kappa shape index (κ2) is 7.96. The first kappa shape index (κ1) is 17.3. The van der Waals surface area contributed by atoms with E-state index >= 15 is 0 Å². The number of hydrogen-bond acceptors (Lipinski definition) is 1. The lowest BCUT2D eigenvalue weighted by Gasteiger charge is -2.35. The Bertz CT molecular complexity index is 604. The molecular formula is C21H26O2. The normalized spacial score (nSPS) is 15.1. The van der Waals surface area contributed by atoms with E-state index in [-0.39, 0.29) is 18.3 Å². The number of carbonyl (C=O) groups is 1. The summed E-state index contributed by atoms with van der Waals surface area (Å²) in [5, 5.41) is 9.43. The lowest BCUT2D eigenvalue weighted by molar-refractivity contribution is -0.137. The molecule has 0 aliphatic carbocycles. The number of carboxylic acid groups (broad SMARTS) is 1. The standard InChI is InChI=1S/C21H26O2/c1-15(2)21(16(3)17-10-6-4-7-11-17)19(14-20(22)23)18-12-8-5-9-13-18/h4-13,15-16,19,21H,14H2,1-3H3,(H,22,23). The van der Waals surface area contributed by atoms with Crippen LogP contribution in [0.25, 0.3) is 0 Å². The molecule has 2 aromatic rings. The van der Waals surface area contributed by atoms with Gasteiger partial charge in [0, 0.05) is 0 Å². The van der Waals surface area contributed by atoms with E-state index in [1.54, 1.807) is 0 Å². The summed E-state index contributed by atoms with van der Waals surface area (Å²) in [6, 6.07) is 20.5. The van der Waals surface area contributed by atoms with Gasteiger partial charge in [0.2, 0.25) is 0 Å². The zero-order chi connectivity index (χ0) is 16.8. The van der Waals surface area contributed by atoms with Crippen molar-refractivity contribution in [1.82, 2.24) is 0 Å². The van der Waals surface area contributed by atoms with Crippen LogP contribution in [0.3, 0.4) is 0 Å². The highest BCUT2D eigenvalue weighted by atomic mass is 16.4. The molecule has 0 saturated carbocycles. The Morgan fingerprint density at radius 2 is 1.35 bits per heavy atom. The van der Waals surface area contributed by atoms with Gasteiger partial charge in [0.05, 0.1) is 6.42 Å². The van der Waals surface area contributed by atoms with Crippen molar-refractivity contribution in [3.8, 4) is 0 Å². The van der Waals surface area contributed by atoms with Crippen molar-refractivity contribution in [3.05, 3.63) is 71.8 Å². The minimum absolute atomic E-state index is 0.0175. The summed E-state index contributed by atoms with van der Waals surface area (Å²) >= 11 is 0. The summed E-state index contributed by atoms with van der Waals surface area (Å²) < 4.78 is 0. The number of benzene rings is 2. The first-order valence-electron chi connectivity index (χ1n) is 8.32. The molecule has 2 nitrogen and oxygen atoms in total. The third-order valence-electron chi connectivity index (χ3n) is 4.76. The van der Waals surface area contributed by atoms with Gasteiger partial charge in [0.25, 0.3) is 0 Å². The smallest absolute Gasteiger partial charge is 0.303 e. The summed E-state index contributed by atoms with van der Waals surface area (Å²) in [5.41, 5.74) is 2.40. The third-order valence-corrected chi connectivity index (χ3v) is 4.76. The van der Waals surface area contributed by atoms with Gasteiger partial charge in [-0.2, -0.15) is 0 Å². The molecule has 0 aromatic heterocycles. The largest absolute Gasteiger partial charge is 0.481 e. The second-order valence-electron chi connectivity index (χ2n) is 6.64. The van der Waals surface area contributed by atoms with Crippen LogP contribution in [0.15, 0.2) is 60.7 Å². The minimum Gasteiger partial charge on any atom is -0.481 e. The topological polar surface area (TPSA) is 37.3 Å². The van der Waals surface area contributed by atoms with Crippen LogP contribution in [0, 0.1) is 11.8 Å². The van der Waals surface area contributed by atoms with Crippen LogP contribution < -0.4 is 0 Å². The molecule has 0 amide bonds. The first-order chi connectivity index (χ1) is 11.0. The van der Waals surface area contributed by atoms with E-state index in [0.717, 1.165) is 5.56 Å². The zero-order valence-corrected chi connectivity index (χ0v) is 14.1. The molecule has 2 rings (SSSR count). The van der Waals surface area contributed by atoms with Gasteiger partial charge in [0.1, 0.15) is 0 Å². The Hall–Kier alpha value is -2.09. The Morgan fingerprint density at radius 3 is 1.78 bits per heavy atom. The van der Waals surface area contributed by atoms with Crippen LogP contribution >= 0.6 is 0 Å². The number of rotatable bonds is 7. The maximum absolute atomic E-state index is 11.5. The molecule has 0 aliphatic heterocycles. The molecule has 0 saturated heterocycles. The second-order valence-corrected chi connectivity index (χ2v) is 6.64. The predicted octanol–water partition coefficient (Wildman–Crippen LogP) is 5.32. The van der Waals surface area contributed by atoms with Gasteiger partial charge in [0.15, 0.2) is 0 Å². The molecule has 3 unspecified atom stereocenters. The maximum atomic E-state index is 11.5. The number of carboxylic acids is 1. The van der Waals surface area contributed by atoms with E-state index in [4.69, 9.17) is 0 Å². The minimum atomic E-state index is -0.732. The molecule has 2 aromatic carbocycles. The van der Waals surface area contributed by atoms with Crippen molar-refractivity contribution in [1.29, 1.82) is 0 Å². The highest BCUT2D eigenvalue weighted by molar-refractivity contribution is 5.68. The lowest BCUT2D eigenvalue weighted by Crippen LogP contribution is -2.26. The molecular weight excluding hydrogens is 284 g/mol. The van der Waals surface area contributed by atoms with Crippen LogP contribution in [0.5, 0.6) is 0 Å². The Morgan fingerprint density at radius 1 is 0.870 bits per heavy atom. The van der Waals surface area contributed by atoms with Crippen molar-refractivity contribution in [2.45, 2.75) is 39.0 Å². The van der Waals surface area contributed by atoms with E-state index in [9.17, 15) is 9.90 Å². The average Bonchev–Trinajstić information content (AvgIpc) is 2.55. The molecule has 23 heavy (non-hydrogen) atoms. The Balaban J connectivity index is 2.40. The SMILES string of the molecule is CC(C)C(C(C)c1ccccc1)C(CC(=O)O)c1ccccc1. The highest BCUT2D eigenvalue weighted by Gasteiger charge is 2.32. The average molecular weight is 310 g/mol. The molecule has 0 radical (unpaired) electrons. The Kier molecular flexibility index (Phi) is 5.97. The van der Waals surface area contributed by atoms with E-state index in [1.165, 1.54) is 5.56 Å². The molecule has 2 heteroatoms. The molecule has 0 spiro atoms. The predicted molar refractivity (Wildman–Crippen MR) is 94.6 cm³/mol. The van der Waals surface area contributed by atoms with E-state index in [0.29, 0.717) is 11.8 Å². The van der Waals surface area contributed by atoms with Crippen molar-refractivity contribution in [2.75, 3.05) is 0 Å². The highest BCUT2D eigenvalue weighted by Crippen LogP contribution is 2.42. The number of aliphatic carboxylic acids is 1. The fourth-order valence-corrected chi connectivity index (χ4v) is 3.73. The molecule has 0 heterocycles. The van der Waals surface area contributed by atoms with Gasteiger partial charge in [-0.25, -0.2) is 0 Å². The summed E-state index contributed by atoms with van der Waals surface area (Å²) in [6.45, 7) is 6.61. The molecule has 0 bridgehead atoms. The summed E-state index contributed by atoms with van der Waals surface area (Å²) in [7, 11) is 0. The molecule has 0 fully saturated rings. The van der Waals surface area contributed by atoms with Crippen LogP contribution in [0.4, 0.5) is 0 Å². The van der Waals surface area contributed by atoms with E-state index < -0.39 is 5.97 Å². The summed E-state index contributed by atoms with van der Waals surface area (Å²) in [6.07, 6.45) is 0.171. The quantitative estimate of drug-likeness (QED) is 0.751. The summed E-state index contributed by atoms with van der Waals surface area (Å²) in [5.74, 6) is 0.264. The first-order valence-corrected chi connectivity index (χ1v) is 8.32. The van der Waals surface area contributed by atoms with Gasteiger partial charge in [-0.1, -0.05) is 81.4 Å². The molecule has 1 N–H and O–H groups in total. The molecule has 122 valence electrons. The van der Waals surface area contributed by atoms with Gasteiger partial charge >= 0.3 is 5.97 Å². The fourth-order valence-electron chi connectivity index (χ4n) is 3.73. The van der Waals surface area contributed by atoms with Crippen LogP contribution in [0.1, 0.15) is 50.2 Å². The fraction of sp³-hybridized carbons (Fsp3) is 0.381. The van der Waals surface area contributed by atoms with Crippen LogP contribution in [-0.4, -0.2) is 11.1 Å². The molecule has 3 atom stereocenters. The van der Waals surface area contributed by atoms with Crippen molar-refractivity contribution in [2.24, 2.45) is 11.8 Å². The van der Waals surface area contributed by atoms with Crippen LogP contribution in [-0.2, 0) is 4.79 Å². The van der Waals surface area contributed by atoms with Crippen molar-refractivity contribution < 1.29 is 9.90 Å².